The number of rotatable bonds is 6. The fourth-order valence-electron chi connectivity index (χ4n) is 2.67. The minimum Gasteiger partial charge on any atom is -0.352 e. The molecule has 1 aliphatic heterocycles. The summed E-state index contributed by atoms with van der Waals surface area (Å²) in [6.07, 6.45) is 1.88. The van der Waals surface area contributed by atoms with E-state index >= 15 is 0 Å². The van der Waals surface area contributed by atoms with Crippen molar-refractivity contribution in [1.29, 1.82) is 0 Å². The van der Waals surface area contributed by atoms with Crippen LogP contribution in [0.5, 0.6) is 0 Å². The van der Waals surface area contributed by atoms with Crippen LogP contribution in [0.1, 0.15) is 25.2 Å². The molecule has 1 aromatic carbocycles. The Balaban J connectivity index is 1.44. The molecule has 1 amide bonds. The minimum absolute atomic E-state index is 0.0445. The van der Waals surface area contributed by atoms with E-state index in [0.29, 0.717) is 37.4 Å². The Morgan fingerprint density at radius 1 is 1.29 bits per heavy atom. The molecule has 1 aliphatic rings. The Morgan fingerprint density at radius 3 is 2.79 bits per heavy atom. The fourth-order valence-corrected chi connectivity index (χ4v) is 4.34. The highest BCUT2D eigenvalue weighted by Gasteiger charge is 2.28. The Morgan fingerprint density at radius 2 is 2.08 bits per heavy atom. The van der Waals surface area contributed by atoms with Gasteiger partial charge in [-0.15, -0.1) is 0 Å². The summed E-state index contributed by atoms with van der Waals surface area (Å²) in [4.78, 5) is 16.2. The smallest absolute Gasteiger partial charge is 0.226 e. The first-order chi connectivity index (χ1) is 11.5. The first kappa shape index (κ1) is 16.6. The van der Waals surface area contributed by atoms with Crippen LogP contribution < -0.4 is 5.32 Å². The summed E-state index contributed by atoms with van der Waals surface area (Å²) in [7, 11) is -2.98. The zero-order valence-corrected chi connectivity index (χ0v) is 14.0. The van der Waals surface area contributed by atoms with Gasteiger partial charge in [-0.2, -0.15) is 4.98 Å². The number of hydrogen-bond donors (Lipinski definition) is 1. The zero-order valence-electron chi connectivity index (χ0n) is 13.1. The number of sulfone groups is 1. The van der Waals surface area contributed by atoms with Crippen molar-refractivity contribution >= 4 is 15.7 Å². The molecular formula is C16H19N3O4S. The maximum absolute atomic E-state index is 11.9. The normalized spacial score (nSPS) is 19.2. The van der Waals surface area contributed by atoms with Crippen molar-refractivity contribution in [2.24, 2.45) is 0 Å². The number of aromatic nitrogens is 2. The van der Waals surface area contributed by atoms with Crippen molar-refractivity contribution in [3.8, 4) is 11.4 Å². The van der Waals surface area contributed by atoms with E-state index in [-0.39, 0.29) is 23.5 Å². The molecule has 1 N–H and O–H groups in total. The molecule has 128 valence electrons. The summed E-state index contributed by atoms with van der Waals surface area (Å²) in [5, 5.41) is 6.70. The standard InChI is InChI=1S/C16H19N3O4S/c20-14(17-13-9-10-24(21,22)11-13)7-4-8-15-18-16(19-23-15)12-5-2-1-3-6-12/h1-3,5-6,13H,4,7-11H2,(H,17,20)/t13-/m0/s1. The van der Waals surface area contributed by atoms with Gasteiger partial charge in [-0.3, -0.25) is 4.79 Å². The molecule has 3 rings (SSSR count). The van der Waals surface area contributed by atoms with Crippen LogP contribution in [-0.4, -0.2) is 42.0 Å². The molecule has 1 atom stereocenters. The topological polar surface area (TPSA) is 102 Å². The molecule has 24 heavy (non-hydrogen) atoms. The number of hydrogen-bond acceptors (Lipinski definition) is 6. The lowest BCUT2D eigenvalue weighted by Crippen LogP contribution is -2.35. The van der Waals surface area contributed by atoms with Gasteiger partial charge in [0.15, 0.2) is 9.84 Å². The van der Waals surface area contributed by atoms with Crippen LogP contribution in [0.2, 0.25) is 0 Å². The quantitative estimate of drug-likeness (QED) is 0.845. The molecule has 0 radical (unpaired) electrons. The van der Waals surface area contributed by atoms with Crippen LogP contribution in [0.25, 0.3) is 11.4 Å². The molecule has 2 aromatic rings. The number of aryl methyl sites for hydroxylation is 1. The van der Waals surface area contributed by atoms with Crippen molar-refractivity contribution in [1.82, 2.24) is 15.5 Å². The highest BCUT2D eigenvalue weighted by Crippen LogP contribution is 2.16. The van der Waals surface area contributed by atoms with E-state index in [4.69, 9.17) is 4.52 Å². The van der Waals surface area contributed by atoms with Gasteiger partial charge in [-0.1, -0.05) is 35.5 Å². The Kier molecular flexibility index (Phi) is 4.94. The third-order valence-electron chi connectivity index (χ3n) is 3.89. The highest BCUT2D eigenvalue weighted by atomic mass is 32.2. The third kappa shape index (κ3) is 4.41. The second kappa shape index (κ2) is 7.12. The Hall–Kier alpha value is -2.22. The molecule has 0 spiro atoms. The van der Waals surface area contributed by atoms with Crippen molar-refractivity contribution < 1.29 is 17.7 Å². The van der Waals surface area contributed by atoms with Gasteiger partial charge in [-0.25, -0.2) is 8.42 Å². The van der Waals surface area contributed by atoms with E-state index in [1.165, 1.54) is 0 Å². The van der Waals surface area contributed by atoms with E-state index in [2.05, 4.69) is 15.5 Å². The first-order valence-corrected chi connectivity index (χ1v) is 9.72. The van der Waals surface area contributed by atoms with Gasteiger partial charge in [-0.05, 0) is 12.8 Å². The summed E-state index contributed by atoms with van der Waals surface area (Å²) in [6, 6.07) is 9.27. The van der Waals surface area contributed by atoms with Crippen LogP contribution >= 0.6 is 0 Å². The number of nitrogens with one attached hydrogen (secondary N) is 1. The molecule has 2 heterocycles. The van der Waals surface area contributed by atoms with E-state index in [9.17, 15) is 13.2 Å². The number of nitrogens with zero attached hydrogens (tertiary/aromatic N) is 2. The summed E-state index contributed by atoms with van der Waals surface area (Å²) < 4.78 is 27.9. The maximum Gasteiger partial charge on any atom is 0.226 e. The fraction of sp³-hybridized carbons (Fsp3) is 0.438. The van der Waals surface area contributed by atoms with Gasteiger partial charge in [0.25, 0.3) is 0 Å². The van der Waals surface area contributed by atoms with Crippen molar-refractivity contribution in [3.63, 3.8) is 0 Å². The molecule has 1 saturated heterocycles. The molecule has 0 bridgehead atoms. The monoisotopic (exact) mass is 349 g/mol. The molecular weight excluding hydrogens is 330 g/mol. The number of amides is 1. The molecule has 7 nitrogen and oxygen atoms in total. The van der Waals surface area contributed by atoms with Gasteiger partial charge in [0.2, 0.25) is 17.6 Å². The highest BCUT2D eigenvalue weighted by molar-refractivity contribution is 7.91. The lowest BCUT2D eigenvalue weighted by molar-refractivity contribution is -0.121. The maximum atomic E-state index is 11.9. The largest absolute Gasteiger partial charge is 0.352 e. The summed E-state index contributed by atoms with van der Waals surface area (Å²) >= 11 is 0. The second-order valence-corrected chi connectivity index (χ2v) is 8.13. The number of benzene rings is 1. The second-order valence-electron chi connectivity index (χ2n) is 5.90. The summed E-state index contributed by atoms with van der Waals surface area (Å²) in [6.45, 7) is 0. The number of carbonyl (C=O) groups is 1. The molecule has 0 saturated carbocycles. The molecule has 0 aliphatic carbocycles. The lowest BCUT2D eigenvalue weighted by Gasteiger charge is -2.09. The molecule has 1 fully saturated rings. The van der Waals surface area contributed by atoms with E-state index in [0.717, 1.165) is 5.56 Å². The van der Waals surface area contributed by atoms with Crippen LogP contribution in [0.4, 0.5) is 0 Å². The van der Waals surface area contributed by atoms with Crippen LogP contribution in [-0.2, 0) is 21.1 Å². The average Bonchev–Trinajstić information content (AvgIpc) is 3.15. The molecule has 1 aromatic heterocycles. The van der Waals surface area contributed by atoms with E-state index in [1.807, 2.05) is 30.3 Å². The van der Waals surface area contributed by atoms with Gasteiger partial charge in [0.05, 0.1) is 11.5 Å². The third-order valence-corrected chi connectivity index (χ3v) is 5.66. The van der Waals surface area contributed by atoms with Gasteiger partial charge >= 0.3 is 0 Å². The van der Waals surface area contributed by atoms with Crippen LogP contribution in [0.3, 0.4) is 0 Å². The van der Waals surface area contributed by atoms with Crippen molar-refractivity contribution in [3.05, 3.63) is 36.2 Å². The minimum atomic E-state index is -2.98. The van der Waals surface area contributed by atoms with Crippen LogP contribution in [0.15, 0.2) is 34.9 Å². The van der Waals surface area contributed by atoms with Crippen molar-refractivity contribution in [2.75, 3.05) is 11.5 Å². The Labute approximate surface area is 140 Å². The van der Waals surface area contributed by atoms with Gasteiger partial charge < -0.3 is 9.84 Å². The van der Waals surface area contributed by atoms with Crippen LogP contribution in [0, 0.1) is 0 Å². The molecule has 8 heteroatoms. The molecule has 0 unspecified atom stereocenters. The first-order valence-electron chi connectivity index (χ1n) is 7.90. The predicted octanol–water partition coefficient (Wildman–Crippen LogP) is 1.36. The van der Waals surface area contributed by atoms with E-state index < -0.39 is 9.84 Å². The zero-order chi connectivity index (χ0) is 17.0. The predicted molar refractivity (Wildman–Crippen MR) is 87.9 cm³/mol. The summed E-state index contributed by atoms with van der Waals surface area (Å²) in [5.41, 5.74) is 0.882. The van der Waals surface area contributed by atoms with E-state index in [1.54, 1.807) is 0 Å². The SMILES string of the molecule is O=C(CCCc1nc(-c2ccccc2)no1)N[C@H]1CCS(=O)(=O)C1. The van der Waals surface area contributed by atoms with Gasteiger partial charge in [0.1, 0.15) is 0 Å². The summed E-state index contributed by atoms with van der Waals surface area (Å²) in [5.74, 6) is 1.08. The Bertz CT molecular complexity index is 802. The number of carbonyl (C=O) groups excluding carboxylic acids is 1. The lowest BCUT2D eigenvalue weighted by atomic mass is 10.2. The average molecular weight is 349 g/mol. The van der Waals surface area contributed by atoms with Crippen molar-refractivity contribution in [2.45, 2.75) is 31.7 Å². The van der Waals surface area contributed by atoms with Gasteiger partial charge in [0, 0.05) is 24.4 Å².